The van der Waals surface area contributed by atoms with Crippen LogP contribution in [0.2, 0.25) is 0 Å². The zero-order valence-electron chi connectivity index (χ0n) is 13.5. The minimum absolute atomic E-state index is 0.141. The van der Waals surface area contributed by atoms with Gasteiger partial charge in [0.15, 0.2) is 0 Å². The number of carbonyl (C=O) groups excluding carboxylic acids is 1. The molecule has 0 aromatic carbocycles. The quantitative estimate of drug-likeness (QED) is 0.621. The smallest absolute Gasteiger partial charge is 0.270 e. The minimum atomic E-state index is -3.71. The lowest BCUT2D eigenvalue weighted by Crippen LogP contribution is -2.27. The van der Waals surface area contributed by atoms with Gasteiger partial charge in [-0.1, -0.05) is 43.8 Å². The number of nitrogens with zero attached hydrogens (tertiary/aromatic N) is 2. The maximum atomic E-state index is 12.2. The van der Waals surface area contributed by atoms with Crippen molar-refractivity contribution in [1.29, 1.82) is 0 Å². The standard InChI is InChI=1S/C14H22N4O3S2/c1-14(2,3)11(19)16-12-17-18-13(22-12)23(20,21)15-9-10-7-5-4-6-8-10/h7,15H,4-6,8-9H2,1-3H3,(H,16,17,19). The van der Waals surface area contributed by atoms with Crippen LogP contribution >= 0.6 is 11.3 Å². The number of aromatic nitrogens is 2. The van der Waals surface area contributed by atoms with Crippen LogP contribution in [-0.2, 0) is 14.8 Å². The van der Waals surface area contributed by atoms with Gasteiger partial charge in [-0.2, -0.15) is 0 Å². The zero-order chi connectivity index (χ0) is 17.1. The van der Waals surface area contributed by atoms with Crippen LogP contribution in [0.5, 0.6) is 0 Å². The minimum Gasteiger partial charge on any atom is -0.300 e. The molecular formula is C14H22N4O3S2. The first-order valence-electron chi connectivity index (χ1n) is 7.51. The van der Waals surface area contributed by atoms with Crippen LogP contribution in [-0.4, -0.2) is 31.1 Å². The maximum Gasteiger partial charge on any atom is 0.270 e. The lowest BCUT2D eigenvalue weighted by atomic mass is 9.96. The van der Waals surface area contributed by atoms with Gasteiger partial charge in [0, 0.05) is 12.0 Å². The summed E-state index contributed by atoms with van der Waals surface area (Å²) in [5, 5.41) is 10.2. The summed E-state index contributed by atoms with van der Waals surface area (Å²) in [7, 11) is -3.71. The van der Waals surface area contributed by atoms with E-state index < -0.39 is 15.4 Å². The molecule has 1 aliphatic carbocycles. The molecule has 1 aliphatic rings. The molecule has 0 radical (unpaired) electrons. The predicted octanol–water partition coefficient (Wildman–Crippen LogP) is 2.30. The molecule has 128 valence electrons. The molecule has 1 aromatic rings. The highest BCUT2D eigenvalue weighted by atomic mass is 32.2. The van der Waals surface area contributed by atoms with E-state index in [0.29, 0.717) is 6.54 Å². The Morgan fingerprint density at radius 2 is 2.04 bits per heavy atom. The molecule has 23 heavy (non-hydrogen) atoms. The number of hydrogen-bond donors (Lipinski definition) is 2. The second kappa shape index (κ2) is 7.06. The van der Waals surface area contributed by atoms with E-state index in [9.17, 15) is 13.2 Å². The third kappa shape index (κ3) is 5.08. The lowest BCUT2D eigenvalue weighted by Gasteiger charge is -2.15. The Hall–Kier alpha value is -1.32. The molecule has 0 saturated heterocycles. The molecule has 0 aliphatic heterocycles. The molecule has 1 amide bonds. The topological polar surface area (TPSA) is 101 Å². The molecule has 2 rings (SSSR count). The van der Waals surface area contributed by atoms with E-state index in [1.54, 1.807) is 20.8 Å². The van der Waals surface area contributed by atoms with Gasteiger partial charge < -0.3 is 5.32 Å². The van der Waals surface area contributed by atoms with E-state index in [-0.39, 0.29) is 15.4 Å². The summed E-state index contributed by atoms with van der Waals surface area (Å²) < 4.78 is 26.9. The highest BCUT2D eigenvalue weighted by Crippen LogP contribution is 2.23. The maximum absolute atomic E-state index is 12.2. The molecule has 1 heterocycles. The Labute approximate surface area is 140 Å². The zero-order valence-corrected chi connectivity index (χ0v) is 15.2. The summed E-state index contributed by atoms with van der Waals surface area (Å²) in [6, 6.07) is 0. The number of carbonyl (C=O) groups is 1. The molecule has 0 saturated carbocycles. The van der Waals surface area contributed by atoms with Gasteiger partial charge >= 0.3 is 0 Å². The van der Waals surface area contributed by atoms with Crippen molar-refractivity contribution < 1.29 is 13.2 Å². The number of anilines is 1. The second-order valence-electron chi connectivity index (χ2n) is 6.51. The Balaban J connectivity index is 2.00. The van der Waals surface area contributed by atoms with Crippen molar-refractivity contribution >= 4 is 32.4 Å². The van der Waals surface area contributed by atoms with Gasteiger partial charge in [-0.15, -0.1) is 10.2 Å². The number of sulfonamides is 1. The summed E-state index contributed by atoms with van der Waals surface area (Å²) in [6.07, 6.45) is 6.25. The van der Waals surface area contributed by atoms with Gasteiger partial charge in [-0.3, -0.25) is 4.79 Å². The monoisotopic (exact) mass is 358 g/mol. The van der Waals surface area contributed by atoms with Crippen LogP contribution < -0.4 is 10.0 Å². The number of nitrogens with one attached hydrogen (secondary N) is 2. The Morgan fingerprint density at radius 3 is 2.65 bits per heavy atom. The largest absolute Gasteiger partial charge is 0.300 e. The van der Waals surface area contributed by atoms with Crippen molar-refractivity contribution in [2.75, 3.05) is 11.9 Å². The van der Waals surface area contributed by atoms with Gasteiger partial charge in [-0.25, -0.2) is 13.1 Å². The summed E-state index contributed by atoms with van der Waals surface area (Å²) in [5.41, 5.74) is 0.516. The normalized spacial score (nSPS) is 16.0. The molecule has 1 aromatic heterocycles. The van der Waals surface area contributed by atoms with Crippen molar-refractivity contribution in [2.45, 2.75) is 50.8 Å². The molecule has 0 fully saturated rings. The van der Waals surface area contributed by atoms with E-state index in [1.807, 2.05) is 0 Å². The fourth-order valence-corrected chi connectivity index (χ4v) is 3.94. The molecule has 0 spiro atoms. The highest BCUT2D eigenvalue weighted by Gasteiger charge is 2.25. The van der Waals surface area contributed by atoms with E-state index in [1.165, 1.54) is 0 Å². The van der Waals surface area contributed by atoms with Crippen molar-refractivity contribution in [3.8, 4) is 0 Å². The van der Waals surface area contributed by atoms with Crippen molar-refractivity contribution in [2.24, 2.45) is 5.41 Å². The average Bonchev–Trinajstić information content (AvgIpc) is 2.95. The van der Waals surface area contributed by atoms with Crippen LogP contribution in [0.1, 0.15) is 46.5 Å². The van der Waals surface area contributed by atoms with Crippen LogP contribution in [0.15, 0.2) is 16.0 Å². The van der Waals surface area contributed by atoms with E-state index in [2.05, 4.69) is 26.3 Å². The summed E-state index contributed by atoms with van der Waals surface area (Å²) in [5.74, 6) is -0.238. The molecule has 0 unspecified atom stereocenters. The molecule has 0 atom stereocenters. The summed E-state index contributed by atoms with van der Waals surface area (Å²) >= 11 is 0.847. The fourth-order valence-electron chi connectivity index (χ4n) is 1.97. The second-order valence-corrected chi connectivity index (χ2v) is 9.43. The Kier molecular flexibility index (Phi) is 5.53. The van der Waals surface area contributed by atoms with Crippen molar-refractivity contribution in [3.05, 3.63) is 11.6 Å². The van der Waals surface area contributed by atoms with Gasteiger partial charge in [-0.05, 0) is 25.7 Å². The Bertz CT molecular complexity index is 702. The van der Waals surface area contributed by atoms with E-state index in [0.717, 1.165) is 42.6 Å². The predicted molar refractivity (Wildman–Crippen MR) is 89.7 cm³/mol. The first-order chi connectivity index (χ1) is 10.7. The molecular weight excluding hydrogens is 336 g/mol. The number of amides is 1. The lowest BCUT2D eigenvalue weighted by molar-refractivity contribution is -0.123. The summed E-state index contributed by atoms with van der Waals surface area (Å²) in [4.78, 5) is 11.9. The number of hydrogen-bond acceptors (Lipinski definition) is 6. The van der Waals surface area contributed by atoms with Crippen molar-refractivity contribution in [3.63, 3.8) is 0 Å². The summed E-state index contributed by atoms with van der Waals surface area (Å²) in [6.45, 7) is 5.59. The van der Waals surface area contributed by atoms with Crippen LogP contribution in [0, 0.1) is 5.41 Å². The van der Waals surface area contributed by atoms with Gasteiger partial charge in [0.2, 0.25) is 15.4 Å². The van der Waals surface area contributed by atoms with Gasteiger partial charge in [0.25, 0.3) is 10.0 Å². The van der Waals surface area contributed by atoms with Crippen LogP contribution in [0.3, 0.4) is 0 Å². The van der Waals surface area contributed by atoms with Gasteiger partial charge in [0.05, 0.1) is 0 Å². The third-order valence-electron chi connectivity index (χ3n) is 3.41. The Morgan fingerprint density at radius 1 is 1.30 bits per heavy atom. The first-order valence-corrected chi connectivity index (χ1v) is 9.81. The molecule has 0 bridgehead atoms. The van der Waals surface area contributed by atoms with Crippen LogP contribution in [0.4, 0.5) is 5.13 Å². The third-order valence-corrected chi connectivity index (χ3v) is 6.02. The first kappa shape index (κ1) is 18.0. The molecule has 2 N–H and O–H groups in total. The molecule has 9 heteroatoms. The van der Waals surface area contributed by atoms with E-state index in [4.69, 9.17) is 0 Å². The van der Waals surface area contributed by atoms with Gasteiger partial charge in [0.1, 0.15) is 0 Å². The van der Waals surface area contributed by atoms with Crippen LogP contribution in [0.25, 0.3) is 0 Å². The fraction of sp³-hybridized carbons (Fsp3) is 0.643. The SMILES string of the molecule is CC(C)(C)C(=O)Nc1nnc(S(=O)(=O)NCC2=CCCCC2)s1. The van der Waals surface area contributed by atoms with E-state index >= 15 is 0 Å². The average molecular weight is 358 g/mol. The highest BCUT2D eigenvalue weighted by molar-refractivity contribution is 7.91. The number of allylic oxidation sites excluding steroid dienone is 1. The number of rotatable bonds is 5. The van der Waals surface area contributed by atoms with Crippen molar-refractivity contribution in [1.82, 2.24) is 14.9 Å². The molecule has 7 nitrogen and oxygen atoms in total.